The maximum Gasteiger partial charge on any atom is 0.433 e. The summed E-state index contributed by atoms with van der Waals surface area (Å²) in [6.45, 7) is 10.4. The lowest BCUT2D eigenvalue weighted by Crippen LogP contribution is -2.63. The molecule has 2 spiro atoms. The van der Waals surface area contributed by atoms with Gasteiger partial charge in [0, 0.05) is 102 Å². The number of rotatable bonds is 7. The summed E-state index contributed by atoms with van der Waals surface area (Å²) >= 11 is 6.53. The average molecular weight is 1040 g/mol. The summed E-state index contributed by atoms with van der Waals surface area (Å²) in [4.78, 5) is 79.9. The molecular formula is C57H64ClF4N7O5. The Hall–Kier alpha value is -5.53. The van der Waals surface area contributed by atoms with Crippen LogP contribution in [0.4, 0.5) is 23.2 Å². The molecule has 17 heteroatoms. The number of anilines is 1. The zero-order valence-corrected chi connectivity index (χ0v) is 43.4. The number of carbonyl (C=O) groups excluding carboxylic acids is 5. The van der Waals surface area contributed by atoms with E-state index < -0.39 is 64.0 Å². The van der Waals surface area contributed by atoms with E-state index in [1.54, 1.807) is 23.1 Å². The number of halogens is 5. The standard InChI is InChI=1S/C57H64ClF4N7O5/c1-6-68-43(29-52(2,3)4)56(32-64-40-27-42(57(60,61)62)63-30-38(40)56)45(36-11-8-12-39(58)46(36)59)47(68)50(73)66(5)55-20-17-53(18-21-55,19-22-55)51(74)67-25-23-54(24-26-67)28-34(54)14-13-33-9-7-10-35-37(33)31-69(49(35)72)41-15-16-44(70)65-48(41)71/h7-12,27,30,34,41,43,45,47,64H,6,15-26,28-29,31-32H2,1-5H3,(H,65,70,71)/t34-,41?,43-,45-,47+,53?,55?,56-/m0/s1. The van der Waals surface area contributed by atoms with Crippen LogP contribution in [0.25, 0.3) is 0 Å². The Morgan fingerprint density at radius 2 is 1.68 bits per heavy atom. The number of piperidine rings is 2. The molecule has 12 rings (SSSR count). The van der Waals surface area contributed by atoms with Crippen molar-refractivity contribution in [3.05, 3.63) is 93.0 Å². The summed E-state index contributed by atoms with van der Waals surface area (Å²) in [5.41, 5.74) is -0.251. The molecule has 3 aromatic rings. The number of fused-ring (bicyclic) bond motifs is 6. The Kier molecular flexibility index (Phi) is 12.2. The van der Waals surface area contributed by atoms with E-state index in [0.29, 0.717) is 82.1 Å². The third kappa shape index (κ3) is 8.02. The predicted octanol–water partition coefficient (Wildman–Crippen LogP) is 8.84. The molecule has 5 amide bonds. The third-order valence-electron chi connectivity index (χ3n) is 19.1. The minimum atomic E-state index is -4.68. The summed E-state index contributed by atoms with van der Waals surface area (Å²) in [5, 5.41) is 5.54. The van der Waals surface area contributed by atoms with Crippen LogP contribution in [0.5, 0.6) is 0 Å². The number of imide groups is 1. The minimum Gasteiger partial charge on any atom is -0.384 e. The van der Waals surface area contributed by atoms with Crippen LogP contribution in [0.3, 0.4) is 0 Å². The van der Waals surface area contributed by atoms with Gasteiger partial charge in [0.25, 0.3) is 5.91 Å². The number of benzene rings is 2. The van der Waals surface area contributed by atoms with E-state index in [9.17, 15) is 32.3 Å². The van der Waals surface area contributed by atoms with Crippen LogP contribution < -0.4 is 10.6 Å². The van der Waals surface area contributed by atoms with E-state index in [1.807, 2.05) is 31.0 Å². The Labute approximate surface area is 434 Å². The number of pyridine rings is 1. The number of hydrogen-bond acceptors (Lipinski definition) is 8. The fourth-order valence-electron chi connectivity index (χ4n) is 14.9. The van der Waals surface area contributed by atoms with E-state index in [-0.39, 0.29) is 76.2 Å². The van der Waals surface area contributed by atoms with Gasteiger partial charge in [0.05, 0.1) is 11.1 Å². The van der Waals surface area contributed by atoms with Crippen molar-refractivity contribution in [1.29, 1.82) is 0 Å². The number of likely N-dealkylation sites (tertiary alicyclic amines) is 2. The van der Waals surface area contributed by atoms with Gasteiger partial charge in [-0.15, -0.1) is 0 Å². The number of nitrogens with one attached hydrogen (secondary N) is 2. The molecule has 6 heterocycles. The molecule has 9 aliphatic rings. The van der Waals surface area contributed by atoms with E-state index >= 15 is 9.18 Å². The van der Waals surface area contributed by atoms with Crippen LogP contribution in [0, 0.1) is 39.8 Å². The van der Waals surface area contributed by atoms with Crippen molar-refractivity contribution in [2.45, 2.75) is 152 Å². The van der Waals surface area contributed by atoms with Crippen molar-refractivity contribution in [3.8, 4) is 11.8 Å². The Morgan fingerprint density at radius 3 is 2.34 bits per heavy atom. The Bertz CT molecular complexity index is 2910. The molecule has 0 radical (unpaired) electrons. The maximum atomic E-state index is 16.8. The summed E-state index contributed by atoms with van der Waals surface area (Å²) in [5.74, 6) is 4.58. The van der Waals surface area contributed by atoms with Crippen LogP contribution in [-0.2, 0) is 37.3 Å². The van der Waals surface area contributed by atoms with Gasteiger partial charge < -0.3 is 20.0 Å². The summed E-state index contributed by atoms with van der Waals surface area (Å²) in [7, 11) is 1.85. The lowest BCUT2D eigenvalue weighted by atomic mass is 9.56. The van der Waals surface area contributed by atoms with E-state index in [4.69, 9.17) is 11.6 Å². The highest BCUT2D eigenvalue weighted by Crippen LogP contribution is 2.63. The summed E-state index contributed by atoms with van der Waals surface area (Å²) in [6.07, 6.45) is 4.12. The van der Waals surface area contributed by atoms with Crippen LogP contribution in [0.1, 0.15) is 149 Å². The molecule has 74 heavy (non-hydrogen) atoms. The zero-order chi connectivity index (χ0) is 52.5. The lowest BCUT2D eigenvalue weighted by molar-refractivity contribution is -0.160. The molecule has 3 saturated heterocycles. The number of alkyl halides is 3. The molecule has 5 aliphatic heterocycles. The van der Waals surface area contributed by atoms with E-state index in [1.165, 1.54) is 12.3 Å². The highest BCUT2D eigenvalue weighted by Gasteiger charge is 2.67. The van der Waals surface area contributed by atoms with Crippen molar-refractivity contribution in [2.75, 3.05) is 38.5 Å². The average Bonchev–Trinajstić information content (AvgIpc) is 3.62. The monoisotopic (exact) mass is 1040 g/mol. The first kappa shape index (κ1) is 50.6. The summed E-state index contributed by atoms with van der Waals surface area (Å²) < 4.78 is 59.1. The number of aromatic nitrogens is 1. The summed E-state index contributed by atoms with van der Waals surface area (Å²) in [6, 6.07) is 9.34. The van der Waals surface area contributed by atoms with Gasteiger partial charge in [-0.05, 0) is 123 Å². The smallest absolute Gasteiger partial charge is 0.384 e. The largest absolute Gasteiger partial charge is 0.433 e. The molecule has 7 fully saturated rings. The molecular weight excluding hydrogens is 974 g/mol. The van der Waals surface area contributed by atoms with Crippen LogP contribution >= 0.6 is 11.6 Å². The number of carbonyl (C=O) groups is 5. The van der Waals surface area contributed by atoms with Crippen LogP contribution in [-0.4, -0.2) is 111 Å². The molecule has 4 aliphatic carbocycles. The van der Waals surface area contributed by atoms with Gasteiger partial charge in [-0.25, -0.2) is 4.39 Å². The third-order valence-corrected chi connectivity index (χ3v) is 19.4. The van der Waals surface area contributed by atoms with Gasteiger partial charge in [-0.3, -0.25) is 39.2 Å². The van der Waals surface area contributed by atoms with Gasteiger partial charge in [0.1, 0.15) is 17.6 Å². The van der Waals surface area contributed by atoms with Crippen molar-refractivity contribution in [2.24, 2.45) is 22.2 Å². The lowest BCUT2D eigenvalue weighted by Gasteiger charge is -2.57. The highest BCUT2D eigenvalue weighted by atomic mass is 35.5. The second kappa shape index (κ2) is 17.8. The molecule has 4 saturated carbocycles. The van der Waals surface area contributed by atoms with Crippen molar-refractivity contribution in [1.82, 2.24) is 29.9 Å². The Morgan fingerprint density at radius 1 is 0.973 bits per heavy atom. The fourth-order valence-corrected chi connectivity index (χ4v) is 15.1. The van der Waals surface area contributed by atoms with Crippen LogP contribution in [0.2, 0.25) is 5.02 Å². The molecule has 392 valence electrons. The molecule has 6 atom stereocenters. The molecule has 1 unspecified atom stereocenters. The molecule has 12 nitrogen and oxygen atoms in total. The molecule has 2 bridgehead atoms. The van der Waals surface area contributed by atoms with Crippen molar-refractivity contribution >= 4 is 46.8 Å². The van der Waals surface area contributed by atoms with E-state index in [0.717, 1.165) is 36.5 Å². The predicted molar refractivity (Wildman–Crippen MR) is 269 cm³/mol. The van der Waals surface area contributed by atoms with Crippen LogP contribution in [0.15, 0.2) is 48.7 Å². The number of likely N-dealkylation sites (N-methyl/N-ethyl adjacent to an activating group) is 2. The number of amides is 5. The van der Waals surface area contributed by atoms with Gasteiger partial charge in [-0.2, -0.15) is 13.2 Å². The first-order valence-corrected chi connectivity index (χ1v) is 26.8. The topological polar surface area (TPSA) is 135 Å². The first-order valence-electron chi connectivity index (χ1n) is 26.4. The molecule has 2 aromatic carbocycles. The Balaban J connectivity index is 0.790. The first-order chi connectivity index (χ1) is 35.1. The number of nitrogens with zero attached hydrogens (tertiary/aromatic N) is 5. The second-order valence-electron chi connectivity index (χ2n) is 24.0. The van der Waals surface area contributed by atoms with Crippen molar-refractivity contribution < 1.29 is 41.5 Å². The van der Waals surface area contributed by atoms with Gasteiger partial charge in [-0.1, -0.05) is 69.3 Å². The van der Waals surface area contributed by atoms with E-state index in [2.05, 4.69) is 58.0 Å². The molecule has 1 aromatic heterocycles. The van der Waals surface area contributed by atoms with Gasteiger partial charge in [0.15, 0.2) is 0 Å². The second-order valence-corrected chi connectivity index (χ2v) is 24.4. The maximum absolute atomic E-state index is 16.8. The van der Waals surface area contributed by atoms with Gasteiger partial charge >= 0.3 is 6.18 Å². The van der Waals surface area contributed by atoms with Crippen molar-refractivity contribution in [3.63, 3.8) is 0 Å². The SMILES string of the molecule is CCN1[C@@H](CC(C)(C)C)[C@@]2(CNc3cc(C(F)(F)F)ncc32)[C@@H](c2cccc(Cl)c2F)[C@@H]1C(=O)N(C)C12CCC(C(=O)N3CCC4(CC3)C[C@@H]4C#Cc3cccc4c3CN(C3CCC(=O)NC3=O)C4=O)(CC1)CC2. The molecule has 2 N–H and O–H groups in total. The normalized spacial score (nSPS) is 31.0. The number of hydrogen-bond donors (Lipinski definition) is 2. The zero-order valence-electron chi connectivity index (χ0n) is 42.7. The fraction of sp³-hybridized carbons (Fsp3) is 0.579. The minimum absolute atomic E-state index is 0.0351. The van der Waals surface area contributed by atoms with Gasteiger partial charge in [0.2, 0.25) is 23.6 Å². The highest BCUT2D eigenvalue weighted by molar-refractivity contribution is 6.30. The quantitative estimate of drug-likeness (QED) is 0.136.